The second-order valence-electron chi connectivity index (χ2n) is 4.53. The van der Waals surface area contributed by atoms with Crippen molar-refractivity contribution < 1.29 is 17.6 Å². The van der Waals surface area contributed by atoms with Gasteiger partial charge in [0, 0.05) is 11.1 Å². The fraction of sp³-hybridized carbons (Fsp3) is 0.357. The molecule has 0 spiro atoms. The Balaban J connectivity index is 2.35. The Kier molecular flexibility index (Phi) is 4.95. The second-order valence-corrected chi connectivity index (χ2v) is 5.45. The quantitative estimate of drug-likeness (QED) is 0.827. The predicted octanol–water partition coefficient (Wildman–Crippen LogP) is 4.39. The van der Waals surface area contributed by atoms with Crippen LogP contribution in [0.3, 0.4) is 0 Å². The van der Waals surface area contributed by atoms with Crippen molar-refractivity contribution in [1.29, 1.82) is 0 Å². The van der Waals surface area contributed by atoms with Gasteiger partial charge in [-0.2, -0.15) is 13.2 Å². The van der Waals surface area contributed by atoms with Gasteiger partial charge in [-0.1, -0.05) is 13.0 Å². The number of nitrogens with one attached hydrogen (secondary N) is 1. The van der Waals surface area contributed by atoms with E-state index in [1.54, 1.807) is 11.7 Å². The first-order valence-electron chi connectivity index (χ1n) is 6.42. The zero-order valence-corrected chi connectivity index (χ0v) is 12.1. The molecule has 21 heavy (non-hydrogen) atoms. The van der Waals surface area contributed by atoms with E-state index in [0.29, 0.717) is 12.1 Å². The van der Waals surface area contributed by atoms with E-state index in [2.05, 4.69) is 10.3 Å². The SMILES string of the molecule is CCCNC(c1ccc(C(F)(F)F)c(F)c1)c1cncs1. The van der Waals surface area contributed by atoms with Crippen LogP contribution in [-0.2, 0) is 6.18 Å². The highest BCUT2D eigenvalue weighted by molar-refractivity contribution is 7.09. The van der Waals surface area contributed by atoms with E-state index in [-0.39, 0.29) is 6.04 Å². The number of rotatable bonds is 5. The van der Waals surface area contributed by atoms with E-state index in [4.69, 9.17) is 0 Å². The third-order valence-corrected chi connectivity index (χ3v) is 3.81. The van der Waals surface area contributed by atoms with E-state index in [1.165, 1.54) is 17.4 Å². The van der Waals surface area contributed by atoms with Gasteiger partial charge in [-0.25, -0.2) is 4.39 Å². The average Bonchev–Trinajstić information content (AvgIpc) is 2.91. The molecule has 0 bridgehead atoms. The van der Waals surface area contributed by atoms with Crippen molar-refractivity contribution in [2.45, 2.75) is 25.6 Å². The van der Waals surface area contributed by atoms with E-state index in [1.807, 2.05) is 6.92 Å². The summed E-state index contributed by atoms with van der Waals surface area (Å²) in [5.74, 6) is -1.26. The molecule has 1 aromatic carbocycles. The molecule has 0 saturated carbocycles. The molecular formula is C14H14F4N2S. The van der Waals surface area contributed by atoms with Gasteiger partial charge in [0.1, 0.15) is 5.82 Å². The molecule has 1 heterocycles. The molecule has 1 unspecified atom stereocenters. The first-order chi connectivity index (χ1) is 9.93. The van der Waals surface area contributed by atoms with Crippen LogP contribution in [0.2, 0.25) is 0 Å². The molecule has 114 valence electrons. The highest BCUT2D eigenvalue weighted by Crippen LogP contribution is 2.33. The summed E-state index contributed by atoms with van der Waals surface area (Å²) in [7, 11) is 0. The molecule has 0 saturated heterocycles. The number of hydrogen-bond acceptors (Lipinski definition) is 3. The Morgan fingerprint density at radius 2 is 2.10 bits per heavy atom. The Morgan fingerprint density at radius 3 is 2.62 bits per heavy atom. The molecule has 0 radical (unpaired) electrons. The summed E-state index contributed by atoms with van der Waals surface area (Å²) in [6.07, 6.45) is -2.19. The molecule has 0 aliphatic rings. The van der Waals surface area contributed by atoms with Crippen molar-refractivity contribution in [3.8, 4) is 0 Å². The van der Waals surface area contributed by atoms with E-state index >= 15 is 0 Å². The van der Waals surface area contributed by atoms with Crippen molar-refractivity contribution in [3.63, 3.8) is 0 Å². The minimum Gasteiger partial charge on any atom is -0.306 e. The third kappa shape index (κ3) is 3.79. The second kappa shape index (κ2) is 6.53. The number of aromatic nitrogens is 1. The van der Waals surface area contributed by atoms with Crippen LogP contribution in [0.4, 0.5) is 17.6 Å². The number of halogens is 4. The molecule has 1 aromatic heterocycles. The predicted molar refractivity (Wildman–Crippen MR) is 73.7 cm³/mol. The fourth-order valence-corrected chi connectivity index (χ4v) is 2.70. The van der Waals surface area contributed by atoms with Crippen LogP contribution in [0.1, 0.15) is 35.4 Å². The molecule has 2 rings (SSSR count). The molecule has 0 amide bonds. The monoisotopic (exact) mass is 318 g/mol. The fourth-order valence-electron chi connectivity index (χ4n) is 1.98. The lowest BCUT2D eigenvalue weighted by molar-refractivity contribution is -0.140. The maximum absolute atomic E-state index is 13.7. The van der Waals surface area contributed by atoms with Gasteiger partial charge in [0.25, 0.3) is 0 Å². The summed E-state index contributed by atoms with van der Waals surface area (Å²) in [5.41, 5.74) is 0.846. The van der Waals surface area contributed by atoms with Crippen molar-refractivity contribution in [1.82, 2.24) is 10.3 Å². The van der Waals surface area contributed by atoms with Crippen LogP contribution in [-0.4, -0.2) is 11.5 Å². The maximum atomic E-state index is 13.7. The topological polar surface area (TPSA) is 24.9 Å². The van der Waals surface area contributed by atoms with Gasteiger partial charge in [0.05, 0.1) is 17.1 Å². The summed E-state index contributed by atoms with van der Waals surface area (Å²) in [6.45, 7) is 2.65. The highest BCUT2D eigenvalue weighted by atomic mass is 32.1. The minimum absolute atomic E-state index is 0.353. The van der Waals surface area contributed by atoms with Crippen LogP contribution in [0.15, 0.2) is 29.9 Å². The molecule has 1 N–H and O–H groups in total. The van der Waals surface area contributed by atoms with Crippen molar-refractivity contribution in [2.24, 2.45) is 0 Å². The van der Waals surface area contributed by atoms with Crippen molar-refractivity contribution in [2.75, 3.05) is 6.54 Å². The number of alkyl halides is 3. The molecule has 2 nitrogen and oxygen atoms in total. The number of thiazole rings is 1. The normalized spacial score (nSPS) is 13.4. The van der Waals surface area contributed by atoms with Gasteiger partial charge in [0.15, 0.2) is 0 Å². The Morgan fingerprint density at radius 1 is 1.33 bits per heavy atom. The Hall–Kier alpha value is -1.47. The smallest absolute Gasteiger partial charge is 0.306 e. The van der Waals surface area contributed by atoms with Gasteiger partial charge in [0.2, 0.25) is 0 Å². The lowest BCUT2D eigenvalue weighted by Crippen LogP contribution is -2.23. The molecular weight excluding hydrogens is 304 g/mol. The van der Waals surface area contributed by atoms with Crippen molar-refractivity contribution >= 4 is 11.3 Å². The molecule has 2 aromatic rings. The number of hydrogen-bond donors (Lipinski definition) is 1. The zero-order chi connectivity index (χ0) is 15.5. The summed E-state index contributed by atoms with van der Waals surface area (Å²) >= 11 is 1.37. The van der Waals surface area contributed by atoms with Crippen LogP contribution >= 0.6 is 11.3 Å². The van der Waals surface area contributed by atoms with E-state index in [0.717, 1.165) is 23.4 Å². The Labute approximate surface area is 123 Å². The van der Waals surface area contributed by atoms with Gasteiger partial charge in [-0.05, 0) is 30.7 Å². The van der Waals surface area contributed by atoms with Gasteiger partial charge >= 0.3 is 6.18 Å². The average molecular weight is 318 g/mol. The minimum atomic E-state index is -4.68. The maximum Gasteiger partial charge on any atom is 0.419 e. The summed E-state index contributed by atoms with van der Waals surface area (Å²) in [4.78, 5) is 4.80. The van der Waals surface area contributed by atoms with Crippen LogP contribution in [0, 0.1) is 5.82 Å². The summed E-state index contributed by atoms with van der Waals surface area (Å²) < 4.78 is 51.5. The number of nitrogens with zero attached hydrogens (tertiary/aromatic N) is 1. The van der Waals surface area contributed by atoms with Gasteiger partial charge in [-0.3, -0.25) is 4.98 Å². The van der Waals surface area contributed by atoms with E-state index < -0.39 is 17.6 Å². The molecule has 0 aliphatic heterocycles. The summed E-state index contributed by atoms with van der Waals surface area (Å²) in [5, 5.41) is 3.20. The molecule has 7 heteroatoms. The first kappa shape index (κ1) is 15.9. The molecule has 1 atom stereocenters. The lowest BCUT2D eigenvalue weighted by atomic mass is 10.0. The highest BCUT2D eigenvalue weighted by Gasteiger charge is 2.34. The van der Waals surface area contributed by atoms with E-state index in [9.17, 15) is 17.6 Å². The zero-order valence-electron chi connectivity index (χ0n) is 11.2. The van der Waals surface area contributed by atoms with Gasteiger partial charge < -0.3 is 5.32 Å². The molecule has 0 aliphatic carbocycles. The summed E-state index contributed by atoms with van der Waals surface area (Å²) in [6, 6.07) is 2.68. The van der Waals surface area contributed by atoms with Crippen LogP contribution < -0.4 is 5.32 Å². The van der Waals surface area contributed by atoms with Crippen LogP contribution in [0.25, 0.3) is 0 Å². The van der Waals surface area contributed by atoms with Gasteiger partial charge in [-0.15, -0.1) is 11.3 Å². The molecule has 0 fully saturated rings. The number of benzene rings is 1. The van der Waals surface area contributed by atoms with Crippen LogP contribution in [0.5, 0.6) is 0 Å². The standard InChI is InChI=1S/C14H14F4N2S/c1-2-5-20-13(12-7-19-8-21-12)9-3-4-10(11(15)6-9)14(16,17)18/h3-4,6-8,13,20H,2,5H2,1H3. The first-order valence-corrected chi connectivity index (χ1v) is 7.30. The Bertz CT molecular complexity index is 581. The lowest BCUT2D eigenvalue weighted by Gasteiger charge is -2.18. The third-order valence-electron chi connectivity index (χ3n) is 2.97. The van der Waals surface area contributed by atoms with Crippen molar-refractivity contribution in [3.05, 3.63) is 51.7 Å². The largest absolute Gasteiger partial charge is 0.419 e.